The second kappa shape index (κ2) is 17.1. The number of ether oxygens (including phenoxy) is 1. The summed E-state index contributed by atoms with van der Waals surface area (Å²) in [6.45, 7) is 4.11. The molecule has 0 bridgehead atoms. The van der Waals surface area contributed by atoms with Gasteiger partial charge in [-0.05, 0) is 50.4 Å². The van der Waals surface area contributed by atoms with Crippen molar-refractivity contribution in [2.45, 2.75) is 95.0 Å². The molecule has 0 aromatic rings. The van der Waals surface area contributed by atoms with E-state index < -0.39 is 21.3 Å². The van der Waals surface area contributed by atoms with Gasteiger partial charge in [-0.25, -0.2) is 13.2 Å². The number of ketones is 1. The van der Waals surface area contributed by atoms with Crippen molar-refractivity contribution in [3.63, 3.8) is 0 Å². The van der Waals surface area contributed by atoms with Crippen molar-refractivity contribution >= 4 is 44.4 Å². The van der Waals surface area contributed by atoms with Gasteiger partial charge in [0, 0.05) is 18.7 Å². The molecule has 0 aromatic heterocycles. The third-order valence-electron chi connectivity index (χ3n) is 5.21. The molecule has 1 fully saturated rings. The zero-order valence-electron chi connectivity index (χ0n) is 19.1. The van der Waals surface area contributed by atoms with Gasteiger partial charge >= 0.3 is 11.2 Å². The first-order chi connectivity index (χ1) is 15.0. The molecular formula is C21H37ClF2O6S2. The van der Waals surface area contributed by atoms with Crippen LogP contribution in [-0.2, 0) is 35.3 Å². The molecule has 0 aromatic carbocycles. The minimum absolute atomic E-state index is 0.328. The van der Waals surface area contributed by atoms with Crippen LogP contribution < -0.4 is 0 Å². The highest BCUT2D eigenvalue weighted by Gasteiger charge is 2.48. The highest BCUT2D eigenvalue weighted by Crippen LogP contribution is 2.23. The highest BCUT2D eigenvalue weighted by molar-refractivity contribution is 7.98. The van der Waals surface area contributed by atoms with Crippen LogP contribution in [0.5, 0.6) is 0 Å². The third kappa shape index (κ3) is 12.1. The average Bonchev–Trinajstić information content (AvgIpc) is 2.74. The van der Waals surface area contributed by atoms with E-state index in [9.17, 15) is 31.3 Å². The predicted molar refractivity (Wildman–Crippen MR) is 124 cm³/mol. The predicted octanol–water partition coefficient (Wildman–Crippen LogP) is 4.79. The number of Topliss-reactive ketones (excluding diaryl/α,β-unsaturated/α-hetero) is 1. The summed E-state index contributed by atoms with van der Waals surface area (Å²) in [6.07, 6.45) is 10.3. The Morgan fingerprint density at radius 1 is 1.09 bits per heavy atom. The van der Waals surface area contributed by atoms with Crippen LogP contribution in [0.25, 0.3) is 0 Å². The number of rotatable bonds is 14. The molecule has 0 spiro atoms. The van der Waals surface area contributed by atoms with Crippen molar-refractivity contribution in [2.75, 3.05) is 24.0 Å². The Morgan fingerprint density at radius 3 is 2.09 bits per heavy atom. The molecule has 0 amide bonds. The van der Waals surface area contributed by atoms with Crippen LogP contribution in [0.4, 0.5) is 8.78 Å². The number of unbranched alkanes of at least 4 members (excludes halogenated alkanes) is 6. The van der Waals surface area contributed by atoms with Crippen LogP contribution in [0, 0.1) is 0 Å². The van der Waals surface area contributed by atoms with Crippen molar-refractivity contribution < 1.29 is 36.1 Å². The molecule has 1 aliphatic carbocycles. The quantitative estimate of drug-likeness (QED) is 0.107. The molecule has 1 rings (SSSR count). The number of halogens is 3. The molecule has 11 heteroatoms. The molecule has 1 saturated carbocycles. The summed E-state index contributed by atoms with van der Waals surface area (Å²) in [5.41, 5.74) is 0. The monoisotopic (exact) mass is 522 g/mol. The van der Waals surface area contributed by atoms with Gasteiger partial charge in [0.2, 0.25) is 0 Å². The zero-order valence-corrected chi connectivity index (χ0v) is 21.5. The van der Waals surface area contributed by atoms with Gasteiger partial charge in [0.05, 0.1) is 6.61 Å². The molecule has 0 N–H and O–H groups in total. The average molecular weight is 523 g/mol. The molecule has 6 nitrogen and oxygen atoms in total. The van der Waals surface area contributed by atoms with Crippen molar-refractivity contribution in [2.24, 2.45) is 0 Å². The molecule has 0 heterocycles. The minimum Gasteiger partial charge on any atom is -0.743 e. The summed E-state index contributed by atoms with van der Waals surface area (Å²) >= 11 is 5.51. The lowest BCUT2D eigenvalue weighted by Crippen LogP contribution is -2.39. The first-order valence-corrected chi connectivity index (χ1v) is 14.8. The lowest BCUT2D eigenvalue weighted by molar-refractivity contribution is -0.161. The summed E-state index contributed by atoms with van der Waals surface area (Å²) in [5.74, 6) is 1.27. The van der Waals surface area contributed by atoms with Crippen LogP contribution in [0.2, 0.25) is 0 Å². The number of esters is 1. The Kier molecular flexibility index (Phi) is 16.8. The Labute approximate surface area is 199 Å². The molecule has 1 aliphatic rings. The standard InChI is InChI=1S/C11H19ClF2O5S.C10H19OS/c12-8-6-4-2-1-3-5-7-9-19-10(15)11(13,14)20(16,17)18;1-3-12(4-2)10-8-6-5-7-9(10)11/h1-9H2,(H,16,17,18);10H,3-8H2,1-2H3/q;+1/p-1. The first-order valence-electron chi connectivity index (χ1n) is 11.3. The van der Waals surface area contributed by atoms with Gasteiger partial charge in [0.1, 0.15) is 11.5 Å². The maximum absolute atomic E-state index is 12.7. The molecule has 0 radical (unpaired) electrons. The number of carbonyl (C=O) groups excluding carboxylic acids is 2. The van der Waals surface area contributed by atoms with Gasteiger partial charge in [0.25, 0.3) is 0 Å². The van der Waals surface area contributed by atoms with Crippen molar-refractivity contribution in [3.05, 3.63) is 0 Å². The maximum Gasteiger partial charge on any atom is 0.428 e. The van der Waals surface area contributed by atoms with Crippen LogP contribution in [0.1, 0.15) is 84.5 Å². The van der Waals surface area contributed by atoms with Crippen LogP contribution >= 0.6 is 11.6 Å². The normalized spacial score (nSPS) is 17.1. The molecule has 190 valence electrons. The van der Waals surface area contributed by atoms with Gasteiger partial charge in [-0.1, -0.05) is 32.1 Å². The third-order valence-corrected chi connectivity index (χ3v) is 9.05. The van der Waals surface area contributed by atoms with Gasteiger partial charge in [-0.15, -0.1) is 11.6 Å². The number of carbonyl (C=O) groups is 2. The molecular weight excluding hydrogens is 486 g/mol. The molecule has 1 unspecified atom stereocenters. The van der Waals surface area contributed by atoms with E-state index in [0.29, 0.717) is 40.6 Å². The van der Waals surface area contributed by atoms with Gasteiger partial charge < -0.3 is 9.29 Å². The van der Waals surface area contributed by atoms with E-state index in [1.807, 2.05) is 0 Å². The molecule has 32 heavy (non-hydrogen) atoms. The summed E-state index contributed by atoms with van der Waals surface area (Å²) in [4.78, 5) is 22.3. The summed E-state index contributed by atoms with van der Waals surface area (Å²) < 4.78 is 59.9. The first kappa shape index (κ1) is 31.6. The van der Waals surface area contributed by atoms with Gasteiger partial charge in [0.15, 0.2) is 21.2 Å². The Bertz CT molecular complexity index is 642. The highest BCUT2D eigenvalue weighted by atomic mass is 35.5. The number of alkyl halides is 3. The lowest BCUT2D eigenvalue weighted by Gasteiger charge is -2.20. The van der Waals surface area contributed by atoms with Crippen molar-refractivity contribution in [1.82, 2.24) is 0 Å². The zero-order chi connectivity index (χ0) is 24.6. The van der Waals surface area contributed by atoms with E-state index in [1.165, 1.54) is 24.3 Å². The minimum atomic E-state index is -6.03. The van der Waals surface area contributed by atoms with Crippen LogP contribution in [-0.4, -0.2) is 59.2 Å². The van der Waals surface area contributed by atoms with E-state index in [-0.39, 0.29) is 6.61 Å². The SMILES string of the molecule is CC[S+](CC)C1CCCCC1=O.O=C(OCCCCCCCCCCl)C(F)(F)S(=O)(=O)[O-]. The van der Waals surface area contributed by atoms with Gasteiger partial charge in [-0.2, -0.15) is 8.78 Å². The largest absolute Gasteiger partial charge is 0.743 e. The van der Waals surface area contributed by atoms with E-state index >= 15 is 0 Å². The smallest absolute Gasteiger partial charge is 0.428 e. The molecule has 0 aliphatic heterocycles. The summed E-state index contributed by atoms with van der Waals surface area (Å²) in [6, 6.07) is 0. The number of hydrogen-bond donors (Lipinski definition) is 0. The summed E-state index contributed by atoms with van der Waals surface area (Å²) in [5, 5.41) is -4.58. The summed E-state index contributed by atoms with van der Waals surface area (Å²) in [7, 11) is -5.63. The molecule has 1 atom stereocenters. The van der Waals surface area contributed by atoms with Crippen molar-refractivity contribution in [3.8, 4) is 0 Å². The number of hydrogen-bond acceptors (Lipinski definition) is 6. The van der Waals surface area contributed by atoms with E-state index in [0.717, 1.165) is 44.9 Å². The maximum atomic E-state index is 12.7. The van der Waals surface area contributed by atoms with Crippen LogP contribution in [0.3, 0.4) is 0 Å². The Hall–Kier alpha value is -0.450. The fourth-order valence-electron chi connectivity index (χ4n) is 3.34. The second-order valence-corrected chi connectivity index (χ2v) is 12.2. The topological polar surface area (TPSA) is 101 Å². The van der Waals surface area contributed by atoms with Crippen molar-refractivity contribution in [1.29, 1.82) is 0 Å². The fraction of sp³-hybridized carbons (Fsp3) is 0.905. The fourth-order valence-corrected chi connectivity index (χ4v) is 6.00. The van der Waals surface area contributed by atoms with E-state index in [1.54, 1.807) is 0 Å². The van der Waals surface area contributed by atoms with Gasteiger partial charge in [-0.3, -0.25) is 4.79 Å². The van der Waals surface area contributed by atoms with E-state index in [2.05, 4.69) is 18.6 Å². The lowest BCUT2D eigenvalue weighted by atomic mass is 9.99. The Balaban J connectivity index is 0.000000677. The molecule has 0 saturated heterocycles. The van der Waals surface area contributed by atoms with Crippen LogP contribution in [0.15, 0.2) is 0 Å². The second-order valence-electron chi connectivity index (χ2n) is 7.59. The Morgan fingerprint density at radius 2 is 1.62 bits per heavy atom. The van der Waals surface area contributed by atoms with E-state index in [4.69, 9.17) is 11.6 Å².